The van der Waals surface area contributed by atoms with Crippen LogP contribution in [-0.2, 0) is 5.60 Å². The Hall–Kier alpha value is -2.77. The molecule has 1 unspecified atom stereocenters. The van der Waals surface area contributed by atoms with Gasteiger partial charge in [-0.15, -0.1) is 11.8 Å². The molecule has 0 aliphatic rings. The zero-order valence-electron chi connectivity index (χ0n) is 17.0. The fourth-order valence-corrected chi connectivity index (χ4v) is 4.87. The fourth-order valence-electron chi connectivity index (χ4n) is 3.60. The van der Waals surface area contributed by atoms with Crippen LogP contribution in [0, 0.1) is 13.8 Å². The number of aliphatic hydroxyl groups is 1. The quantitative estimate of drug-likeness (QED) is 0.375. The molecule has 4 rings (SSSR count). The fraction of sp³-hybridized carbons (Fsp3) is 0.208. The molecule has 0 bridgehead atoms. The number of hydrogen-bond donors (Lipinski definition) is 1. The minimum atomic E-state index is -4.83. The van der Waals surface area contributed by atoms with Crippen molar-refractivity contribution >= 4 is 22.7 Å². The molecule has 1 heterocycles. The molecule has 0 radical (unpaired) electrons. The lowest BCUT2D eigenvalue weighted by atomic mass is 9.94. The number of rotatable bonds is 5. The molecular weight excluding hydrogens is 421 g/mol. The maximum atomic E-state index is 14.1. The Morgan fingerprint density at radius 2 is 1.61 bits per heavy atom. The summed E-state index contributed by atoms with van der Waals surface area (Å²) in [7, 11) is 0. The van der Waals surface area contributed by atoms with Gasteiger partial charge in [-0.25, -0.2) is 4.68 Å². The van der Waals surface area contributed by atoms with Crippen LogP contribution in [0.25, 0.3) is 16.6 Å². The molecular formula is C24H21F3N2OS. The molecule has 1 N–H and O–H groups in total. The summed E-state index contributed by atoms with van der Waals surface area (Å²) in [6.07, 6.45) is -3.32. The lowest BCUT2D eigenvalue weighted by Crippen LogP contribution is -2.44. The first-order valence-electron chi connectivity index (χ1n) is 9.72. The van der Waals surface area contributed by atoms with Gasteiger partial charge in [-0.1, -0.05) is 42.5 Å². The Labute approximate surface area is 182 Å². The summed E-state index contributed by atoms with van der Waals surface area (Å²) >= 11 is 1.02. The van der Waals surface area contributed by atoms with Crippen molar-refractivity contribution in [1.82, 2.24) is 9.78 Å². The van der Waals surface area contributed by atoms with Crippen molar-refractivity contribution in [3.05, 3.63) is 89.6 Å². The van der Waals surface area contributed by atoms with Crippen LogP contribution in [0.4, 0.5) is 13.2 Å². The SMILES string of the molecule is Cc1cccc(C)c1SCC(O)(c1ccc2c(cnn2-c2ccccc2)c1)C(F)(F)F. The van der Waals surface area contributed by atoms with Crippen LogP contribution < -0.4 is 0 Å². The summed E-state index contributed by atoms with van der Waals surface area (Å²) in [5, 5.41) is 15.7. The number of hydrogen-bond acceptors (Lipinski definition) is 3. The highest BCUT2D eigenvalue weighted by Crippen LogP contribution is 2.44. The van der Waals surface area contributed by atoms with E-state index in [1.54, 1.807) is 10.7 Å². The van der Waals surface area contributed by atoms with Gasteiger partial charge in [0, 0.05) is 16.0 Å². The second-order valence-electron chi connectivity index (χ2n) is 7.53. The molecule has 7 heteroatoms. The molecule has 31 heavy (non-hydrogen) atoms. The molecule has 4 aromatic rings. The van der Waals surface area contributed by atoms with Crippen LogP contribution in [0.1, 0.15) is 16.7 Å². The summed E-state index contributed by atoms with van der Waals surface area (Å²) in [5.74, 6) is -0.541. The predicted molar refractivity (Wildman–Crippen MR) is 118 cm³/mol. The number of fused-ring (bicyclic) bond motifs is 1. The molecule has 0 saturated carbocycles. The molecule has 3 nitrogen and oxygen atoms in total. The Morgan fingerprint density at radius 3 is 2.26 bits per heavy atom. The minimum Gasteiger partial charge on any atom is -0.376 e. The van der Waals surface area contributed by atoms with Crippen LogP contribution in [0.5, 0.6) is 0 Å². The maximum absolute atomic E-state index is 14.1. The van der Waals surface area contributed by atoms with E-state index in [1.807, 2.05) is 62.4 Å². The van der Waals surface area contributed by atoms with Gasteiger partial charge in [0.25, 0.3) is 0 Å². The van der Waals surface area contributed by atoms with E-state index in [0.717, 1.165) is 33.5 Å². The topological polar surface area (TPSA) is 38.1 Å². The molecule has 0 fully saturated rings. The zero-order chi connectivity index (χ0) is 22.2. The van der Waals surface area contributed by atoms with Gasteiger partial charge in [-0.05, 0) is 54.8 Å². The van der Waals surface area contributed by atoms with Crippen LogP contribution >= 0.6 is 11.8 Å². The van der Waals surface area contributed by atoms with E-state index < -0.39 is 17.5 Å². The molecule has 0 amide bonds. The van der Waals surface area contributed by atoms with E-state index in [1.165, 1.54) is 18.3 Å². The van der Waals surface area contributed by atoms with Gasteiger partial charge in [-0.2, -0.15) is 18.3 Å². The van der Waals surface area contributed by atoms with Crippen LogP contribution in [0.15, 0.2) is 77.8 Å². The van der Waals surface area contributed by atoms with E-state index >= 15 is 0 Å². The summed E-state index contributed by atoms with van der Waals surface area (Å²) in [6.45, 7) is 3.71. The first kappa shape index (κ1) is 21.5. The average molecular weight is 443 g/mol. The molecule has 160 valence electrons. The predicted octanol–water partition coefficient (Wildman–Crippen LogP) is 6.18. The molecule has 1 atom stereocenters. The monoisotopic (exact) mass is 442 g/mol. The van der Waals surface area contributed by atoms with Crippen LogP contribution in [0.3, 0.4) is 0 Å². The van der Waals surface area contributed by atoms with Crippen molar-refractivity contribution in [2.45, 2.75) is 30.5 Å². The molecule has 3 aromatic carbocycles. The first-order chi connectivity index (χ1) is 14.7. The number of benzene rings is 3. The number of para-hydroxylation sites is 1. The van der Waals surface area contributed by atoms with E-state index in [4.69, 9.17) is 0 Å². The normalized spacial score (nSPS) is 14.0. The van der Waals surface area contributed by atoms with E-state index in [-0.39, 0.29) is 5.56 Å². The maximum Gasteiger partial charge on any atom is 0.422 e. The van der Waals surface area contributed by atoms with Crippen molar-refractivity contribution in [3.8, 4) is 5.69 Å². The third kappa shape index (κ3) is 3.95. The average Bonchev–Trinajstić information content (AvgIpc) is 3.16. The van der Waals surface area contributed by atoms with Gasteiger partial charge >= 0.3 is 6.18 Å². The first-order valence-corrected chi connectivity index (χ1v) is 10.7. The number of aromatic nitrogens is 2. The third-order valence-electron chi connectivity index (χ3n) is 5.35. The van der Waals surface area contributed by atoms with Gasteiger partial charge < -0.3 is 5.11 Å². The Balaban J connectivity index is 1.72. The molecule has 0 saturated heterocycles. The van der Waals surface area contributed by atoms with Gasteiger partial charge in [-0.3, -0.25) is 0 Å². The number of halogens is 3. The second kappa shape index (κ2) is 8.05. The summed E-state index contributed by atoms with van der Waals surface area (Å²) < 4.78 is 43.9. The smallest absolute Gasteiger partial charge is 0.376 e. The standard InChI is InChI=1S/C24H21F3N2OS/c1-16-7-6-8-17(2)22(16)31-15-23(30,24(25,26)27)19-11-12-21-18(13-19)14-28-29(21)20-9-4-3-5-10-20/h3-14,30H,15H2,1-2H3. The van der Waals surface area contributed by atoms with Crippen molar-refractivity contribution in [3.63, 3.8) is 0 Å². The van der Waals surface area contributed by atoms with Crippen molar-refractivity contribution < 1.29 is 18.3 Å². The Bertz CT molecular complexity index is 1200. The number of alkyl halides is 3. The third-order valence-corrected chi connectivity index (χ3v) is 6.84. The van der Waals surface area contributed by atoms with Gasteiger partial charge in [0.15, 0.2) is 5.60 Å². The highest BCUT2D eigenvalue weighted by Gasteiger charge is 2.55. The van der Waals surface area contributed by atoms with Crippen molar-refractivity contribution in [1.29, 1.82) is 0 Å². The van der Waals surface area contributed by atoms with Crippen LogP contribution in [-0.4, -0.2) is 26.8 Å². The Morgan fingerprint density at radius 1 is 0.935 bits per heavy atom. The lowest BCUT2D eigenvalue weighted by molar-refractivity contribution is -0.256. The Kier molecular flexibility index (Phi) is 5.58. The van der Waals surface area contributed by atoms with Gasteiger partial charge in [0.05, 0.1) is 17.4 Å². The van der Waals surface area contributed by atoms with Gasteiger partial charge in [0.2, 0.25) is 0 Å². The minimum absolute atomic E-state index is 0.196. The van der Waals surface area contributed by atoms with E-state index in [2.05, 4.69) is 5.10 Å². The summed E-state index contributed by atoms with van der Waals surface area (Å²) in [6, 6.07) is 19.2. The van der Waals surface area contributed by atoms with Crippen molar-refractivity contribution in [2.24, 2.45) is 0 Å². The van der Waals surface area contributed by atoms with E-state index in [9.17, 15) is 18.3 Å². The van der Waals surface area contributed by atoms with Crippen LogP contribution in [0.2, 0.25) is 0 Å². The molecule has 0 aliphatic heterocycles. The number of aryl methyl sites for hydroxylation is 2. The van der Waals surface area contributed by atoms with Crippen molar-refractivity contribution in [2.75, 3.05) is 5.75 Å². The lowest BCUT2D eigenvalue weighted by Gasteiger charge is -2.31. The summed E-state index contributed by atoms with van der Waals surface area (Å²) in [5.41, 5.74) is 0.0565. The zero-order valence-corrected chi connectivity index (χ0v) is 17.8. The number of thioether (sulfide) groups is 1. The molecule has 1 aromatic heterocycles. The summed E-state index contributed by atoms with van der Waals surface area (Å²) in [4.78, 5) is 0.753. The van der Waals surface area contributed by atoms with Gasteiger partial charge in [0.1, 0.15) is 0 Å². The van der Waals surface area contributed by atoms with E-state index in [0.29, 0.717) is 10.9 Å². The highest BCUT2D eigenvalue weighted by molar-refractivity contribution is 7.99. The molecule has 0 spiro atoms. The highest BCUT2D eigenvalue weighted by atomic mass is 32.2. The molecule has 0 aliphatic carbocycles. The largest absolute Gasteiger partial charge is 0.422 e. The second-order valence-corrected chi connectivity index (χ2v) is 8.52. The number of nitrogens with zero attached hydrogens (tertiary/aromatic N) is 2.